The van der Waals surface area contributed by atoms with Crippen molar-refractivity contribution >= 4 is 39.1 Å². The highest BCUT2D eigenvalue weighted by atomic mass is 35.5. The Bertz CT molecular complexity index is 1640. The van der Waals surface area contributed by atoms with Crippen LogP contribution < -0.4 is 9.62 Å². The molecule has 44 heavy (non-hydrogen) atoms. The predicted octanol–water partition coefficient (Wildman–Crippen LogP) is 6.09. The van der Waals surface area contributed by atoms with E-state index in [1.54, 1.807) is 42.5 Å². The number of hydrogen-bond donors (Lipinski definition) is 1. The van der Waals surface area contributed by atoms with E-state index in [9.17, 15) is 22.4 Å². The van der Waals surface area contributed by atoms with Crippen molar-refractivity contribution in [2.75, 3.05) is 17.4 Å². The van der Waals surface area contributed by atoms with E-state index in [-0.39, 0.29) is 35.4 Å². The second kappa shape index (κ2) is 15.0. The van der Waals surface area contributed by atoms with Crippen molar-refractivity contribution in [3.63, 3.8) is 0 Å². The van der Waals surface area contributed by atoms with Crippen LogP contribution in [0, 0.1) is 11.7 Å². The molecule has 0 heterocycles. The maximum Gasteiger partial charge on any atom is 0.264 e. The summed E-state index contributed by atoms with van der Waals surface area (Å²) in [5.74, 6) is -1.35. The summed E-state index contributed by atoms with van der Waals surface area (Å²) in [4.78, 5) is 29.5. The van der Waals surface area contributed by atoms with Crippen molar-refractivity contribution in [1.29, 1.82) is 0 Å². The second-order valence-electron chi connectivity index (χ2n) is 10.8. The zero-order chi connectivity index (χ0) is 31.7. The highest BCUT2D eigenvalue weighted by Crippen LogP contribution is 2.25. The molecule has 0 aliphatic carbocycles. The third-order valence-corrected chi connectivity index (χ3v) is 8.99. The average molecular weight is 636 g/mol. The number of nitrogens with zero attached hydrogens (tertiary/aromatic N) is 2. The lowest BCUT2D eigenvalue weighted by Crippen LogP contribution is -2.53. The van der Waals surface area contributed by atoms with E-state index in [2.05, 4.69) is 5.32 Å². The van der Waals surface area contributed by atoms with Crippen molar-refractivity contribution in [3.8, 4) is 0 Å². The number of amides is 2. The number of carbonyl (C=O) groups is 2. The van der Waals surface area contributed by atoms with Crippen LogP contribution in [-0.2, 0) is 32.6 Å². The van der Waals surface area contributed by atoms with Gasteiger partial charge in [0.25, 0.3) is 10.0 Å². The maximum absolute atomic E-state index is 14.4. The van der Waals surface area contributed by atoms with E-state index in [1.165, 1.54) is 29.2 Å². The van der Waals surface area contributed by atoms with Gasteiger partial charge in [-0.25, -0.2) is 12.8 Å². The van der Waals surface area contributed by atoms with E-state index in [0.717, 1.165) is 22.0 Å². The number of benzene rings is 4. The summed E-state index contributed by atoms with van der Waals surface area (Å²) in [5, 5.41) is 3.47. The van der Waals surface area contributed by atoms with Crippen LogP contribution in [0.25, 0.3) is 0 Å². The molecule has 2 amide bonds. The smallest absolute Gasteiger partial charge is 0.264 e. The molecule has 10 heteroatoms. The van der Waals surface area contributed by atoms with Gasteiger partial charge in [-0.1, -0.05) is 86.1 Å². The van der Waals surface area contributed by atoms with Gasteiger partial charge in [0.15, 0.2) is 0 Å². The quantitative estimate of drug-likeness (QED) is 0.193. The van der Waals surface area contributed by atoms with Crippen LogP contribution in [0.4, 0.5) is 10.1 Å². The Hall–Kier alpha value is -4.21. The van der Waals surface area contributed by atoms with Gasteiger partial charge in [0.2, 0.25) is 11.8 Å². The van der Waals surface area contributed by atoms with E-state index in [0.29, 0.717) is 17.1 Å². The van der Waals surface area contributed by atoms with Gasteiger partial charge in [-0.15, -0.1) is 0 Å². The van der Waals surface area contributed by atoms with Gasteiger partial charge in [-0.3, -0.25) is 13.9 Å². The highest BCUT2D eigenvalue weighted by molar-refractivity contribution is 7.92. The van der Waals surface area contributed by atoms with Crippen molar-refractivity contribution in [3.05, 3.63) is 131 Å². The monoisotopic (exact) mass is 635 g/mol. The Labute approximate surface area is 263 Å². The van der Waals surface area contributed by atoms with Crippen LogP contribution in [0.1, 0.15) is 25.0 Å². The summed E-state index contributed by atoms with van der Waals surface area (Å²) < 4.78 is 42.6. The predicted molar refractivity (Wildman–Crippen MR) is 171 cm³/mol. The number of halogens is 2. The average Bonchev–Trinajstić information content (AvgIpc) is 3.02. The lowest BCUT2D eigenvalue weighted by atomic mass is 10.0. The first-order valence-electron chi connectivity index (χ1n) is 14.2. The van der Waals surface area contributed by atoms with Crippen LogP contribution in [0.15, 0.2) is 114 Å². The molecule has 1 atom stereocenters. The Morgan fingerprint density at radius 2 is 1.41 bits per heavy atom. The Kier molecular flexibility index (Phi) is 11.1. The minimum Gasteiger partial charge on any atom is -0.354 e. The summed E-state index contributed by atoms with van der Waals surface area (Å²) in [5.41, 5.74) is 1.65. The van der Waals surface area contributed by atoms with Gasteiger partial charge in [0.05, 0.1) is 10.6 Å². The van der Waals surface area contributed by atoms with Crippen LogP contribution in [0.5, 0.6) is 0 Å². The van der Waals surface area contributed by atoms with Crippen LogP contribution in [0.3, 0.4) is 0 Å². The molecular weight excluding hydrogens is 601 g/mol. The minimum atomic E-state index is -4.25. The fraction of sp³-hybridized carbons (Fsp3) is 0.235. The topological polar surface area (TPSA) is 86.8 Å². The third-order valence-electron chi connectivity index (χ3n) is 6.95. The molecular formula is C34H35ClFN3O4S. The Morgan fingerprint density at radius 1 is 0.818 bits per heavy atom. The SMILES string of the molecule is CC(C)CNC(=O)C(Cc1ccccc1)N(Cc1ccc(Cl)cc1)C(=O)CN(c1ccc(F)cc1)S(=O)(=O)c1ccccc1. The fourth-order valence-electron chi connectivity index (χ4n) is 4.62. The standard InChI is InChI=1S/C34H35ClFN3O4S/c1-25(2)22-37-34(41)32(21-26-9-5-3-6-10-26)38(23-27-13-15-28(35)16-14-27)33(40)24-39(30-19-17-29(36)18-20-30)44(42,43)31-11-7-4-8-12-31/h3-20,25,32H,21-24H2,1-2H3,(H,37,41). The first-order chi connectivity index (χ1) is 21.0. The third kappa shape index (κ3) is 8.67. The van der Waals surface area contributed by atoms with E-state index >= 15 is 0 Å². The molecule has 4 rings (SSSR count). The fourth-order valence-corrected chi connectivity index (χ4v) is 6.18. The van der Waals surface area contributed by atoms with Gasteiger partial charge in [0.1, 0.15) is 18.4 Å². The number of sulfonamides is 1. The highest BCUT2D eigenvalue weighted by Gasteiger charge is 2.34. The Balaban J connectivity index is 1.78. The summed E-state index contributed by atoms with van der Waals surface area (Å²) >= 11 is 6.11. The first kappa shape index (κ1) is 32.7. The molecule has 0 radical (unpaired) electrons. The van der Waals surface area contributed by atoms with E-state index < -0.39 is 34.3 Å². The lowest BCUT2D eigenvalue weighted by Gasteiger charge is -2.34. The maximum atomic E-state index is 14.4. The molecule has 4 aromatic carbocycles. The molecule has 1 N–H and O–H groups in total. The number of carbonyl (C=O) groups excluding carboxylic acids is 2. The zero-order valence-electron chi connectivity index (χ0n) is 24.6. The number of rotatable bonds is 13. The first-order valence-corrected chi connectivity index (χ1v) is 16.1. The molecule has 0 aliphatic rings. The largest absolute Gasteiger partial charge is 0.354 e. The molecule has 0 bridgehead atoms. The van der Waals surface area contributed by atoms with Crippen LogP contribution in [-0.4, -0.2) is 44.3 Å². The summed E-state index contributed by atoms with van der Waals surface area (Å²) in [7, 11) is -4.25. The van der Waals surface area contributed by atoms with E-state index in [1.807, 2.05) is 44.2 Å². The number of anilines is 1. The normalized spacial score (nSPS) is 12.0. The molecule has 0 aromatic heterocycles. The van der Waals surface area contributed by atoms with Gasteiger partial charge in [-0.2, -0.15) is 0 Å². The molecule has 0 saturated carbocycles. The molecule has 230 valence electrons. The van der Waals surface area contributed by atoms with Crippen LogP contribution >= 0.6 is 11.6 Å². The summed E-state index contributed by atoms with van der Waals surface area (Å²) in [6.07, 6.45) is 0.200. The van der Waals surface area contributed by atoms with Gasteiger partial charge in [-0.05, 0) is 65.6 Å². The molecule has 0 fully saturated rings. The molecule has 1 unspecified atom stereocenters. The second-order valence-corrected chi connectivity index (χ2v) is 13.1. The van der Waals surface area contributed by atoms with Gasteiger partial charge < -0.3 is 10.2 Å². The summed E-state index contributed by atoms with van der Waals surface area (Å²) in [6, 6.07) is 27.8. The number of nitrogens with one attached hydrogen (secondary N) is 1. The molecule has 4 aromatic rings. The van der Waals surface area contributed by atoms with Crippen LogP contribution in [0.2, 0.25) is 5.02 Å². The minimum absolute atomic E-state index is 0.0191. The lowest BCUT2D eigenvalue weighted by molar-refractivity contribution is -0.140. The summed E-state index contributed by atoms with van der Waals surface area (Å²) in [6.45, 7) is 3.73. The Morgan fingerprint density at radius 3 is 2.00 bits per heavy atom. The molecule has 7 nitrogen and oxygen atoms in total. The zero-order valence-corrected chi connectivity index (χ0v) is 26.1. The van der Waals surface area contributed by atoms with Crippen molar-refractivity contribution in [1.82, 2.24) is 10.2 Å². The van der Waals surface area contributed by atoms with Gasteiger partial charge in [0, 0.05) is 24.5 Å². The number of hydrogen-bond acceptors (Lipinski definition) is 4. The molecule has 0 saturated heterocycles. The van der Waals surface area contributed by atoms with Crippen molar-refractivity contribution in [2.45, 2.75) is 37.8 Å². The van der Waals surface area contributed by atoms with Gasteiger partial charge >= 0.3 is 0 Å². The van der Waals surface area contributed by atoms with E-state index in [4.69, 9.17) is 11.6 Å². The molecule has 0 spiro atoms. The van der Waals surface area contributed by atoms with Crippen molar-refractivity contribution in [2.24, 2.45) is 5.92 Å². The molecule has 0 aliphatic heterocycles. The van der Waals surface area contributed by atoms with Crippen molar-refractivity contribution < 1.29 is 22.4 Å².